The van der Waals surface area contributed by atoms with Gasteiger partial charge in [0.15, 0.2) is 5.79 Å². The zero-order chi connectivity index (χ0) is 11.3. The first-order valence-electron chi connectivity index (χ1n) is 6.77. The van der Waals surface area contributed by atoms with Crippen LogP contribution in [0.4, 0.5) is 0 Å². The summed E-state index contributed by atoms with van der Waals surface area (Å²) in [6, 6.07) is 0. The molecule has 1 aliphatic heterocycles. The van der Waals surface area contributed by atoms with Gasteiger partial charge in [0.25, 0.3) is 0 Å². The maximum Gasteiger partial charge on any atom is 0.166 e. The van der Waals surface area contributed by atoms with Gasteiger partial charge >= 0.3 is 0 Å². The number of hydrogen-bond donors (Lipinski definition) is 1. The first kappa shape index (κ1) is 12.3. The van der Waals surface area contributed by atoms with Crippen molar-refractivity contribution in [2.24, 2.45) is 5.92 Å². The molecule has 1 saturated carbocycles. The van der Waals surface area contributed by atoms with E-state index in [-0.39, 0.29) is 5.79 Å². The van der Waals surface area contributed by atoms with Crippen molar-refractivity contribution in [3.05, 3.63) is 0 Å². The van der Waals surface area contributed by atoms with Crippen LogP contribution in [0.5, 0.6) is 0 Å². The number of hydrogen-bond acceptors (Lipinski definition) is 3. The Labute approximate surface area is 98.9 Å². The molecule has 3 heteroatoms. The largest absolute Gasteiger partial charge is 0.348 e. The Kier molecular flexibility index (Phi) is 4.62. The van der Waals surface area contributed by atoms with E-state index in [1.807, 2.05) is 6.92 Å². The molecule has 0 atom stereocenters. The Morgan fingerprint density at radius 1 is 1.12 bits per heavy atom. The molecule has 0 aromatic heterocycles. The minimum Gasteiger partial charge on any atom is -0.348 e. The number of nitrogens with one attached hydrogen (secondary N) is 1. The lowest BCUT2D eigenvalue weighted by atomic mass is 9.89. The minimum atomic E-state index is -0.320. The van der Waals surface area contributed by atoms with Crippen LogP contribution in [0.25, 0.3) is 0 Å². The van der Waals surface area contributed by atoms with Gasteiger partial charge in [0, 0.05) is 13.0 Å². The highest BCUT2D eigenvalue weighted by Gasteiger charge is 2.30. The van der Waals surface area contributed by atoms with Gasteiger partial charge in [-0.25, -0.2) is 0 Å². The van der Waals surface area contributed by atoms with Gasteiger partial charge in [-0.1, -0.05) is 19.3 Å². The van der Waals surface area contributed by atoms with Gasteiger partial charge in [0.2, 0.25) is 0 Å². The van der Waals surface area contributed by atoms with Crippen molar-refractivity contribution >= 4 is 0 Å². The summed E-state index contributed by atoms with van der Waals surface area (Å²) in [5.74, 6) is 0.589. The maximum atomic E-state index is 5.57. The van der Waals surface area contributed by atoms with Gasteiger partial charge in [-0.15, -0.1) is 0 Å². The van der Waals surface area contributed by atoms with E-state index >= 15 is 0 Å². The van der Waals surface area contributed by atoms with E-state index < -0.39 is 0 Å². The summed E-state index contributed by atoms with van der Waals surface area (Å²) in [4.78, 5) is 0. The zero-order valence-corrected chi connectivity index (χ0v) is 10.5. The third-order valence-corrected chi connectivity index (χ3v) is 3.81. The predicted molar refractivity (Wildman–Crippen MR) is 64.4 cm³/mol. The molecule has 1 aliphatic carbocycles. The number of rotatable bonds is 5. The van der Waals surface area contributed by atoms with E-state index in [2.05, 4.69) is 5.32 Å². The van der Waals surface area contributed by atoms with E-state index in [0.29, 0.717) is 0 Å². The maximum absolute atomic E-state index is 5.57. The lowest BCUT2D eigenvalue weighted by molar-refractivity contribution is -0.145. The van der Waals surface area contributed by atoms with Crippen molar-refractivity contribution in [3.63, 3.8) is 0 Å². The van der Waals surface area contributed by atoms with Crippen molar-refractivity contribution in [2.75, 3.05) is 26.3 Å². The van der Waals surface area contributed by atoms with Crippen LogP contribution in [0, 0.1) is 5.92 Å². The third kappa shape index (κ3) is 3.72. The summed E-state index contributed by atoms with van der Waals surface area (Å²) in [7, 11) is 0. The van der Waals surface area contributed by atoms with Crippen LogP contribution in [-0.4, -0.2) is 32.1 Å². The van der Waals surface area contributed by atoms with Crippen LogP contribution in [-0.2, 0) is 9.47 Å². The third-order valence-electron chi connectivity index (χ3n) is 3.81. The van der Waals surface area contributed by atoms with E-state index in [0.717, 1.165) is 32.1 Å². The van der Waals surface area contributed by atoms with Crippen LogP contribution in [0.15, 0.2) is 0 Å². The smallest absolute Gasteiger partial charge is 0.166 e. The molecule has 0 spiro atoms. The fourth-order valence-electron chi connectivity index (χ4n) is 2.71. The quantitative estimate of drug-likeness (QED) is 0.731. The summed E-state index contributed by atoms with van der Waals surface area (Å²) >= 11 is 0. The van der Waals surface area contributed by atoms with Gasteiger partial charge in [0.05, 0.1) is 13.2 Å². The lowest BCUT2D eigenvalue weighted by Crippen LogP contribution is -2.33. The normalized spacial score (nSPS) is 26.1. The molecular weight excluding hydrogens is 202 g/mol. The number of ether oxygens (including phenoxy) is 2. The first-order valence-corrected chi connectivity index (χ1v) is 6.77. The van der Waals surface area contributed by atoms with Crippen molar-refractivity contribution in [1.29, 1.82) is 0 Å². The van der Waals surface area contributed by atoms with Crippen LogP contribution in [0.3, 0.4) is 0 Å². The zero-order valence-electron chi connectivity index (χ0n) is 10.5. The Hall–Kier alpha value is -0.120. The summed E-state index contributed by atoms with van der Waals surface area (Å²) in [6.45, 7) is 5.73. The lowest BCUT2D eigenvalue weighted by Gasteiger charge is -2.24. The standard InChI is InChI=1S/C13H25NO2/c1-13(15-9-10-16-13)7-8-14-11-12-5-3-2-4-6-12/h12,14H,2-11H2,1H3. The summed E-state index contributed by atoms with van der Waals surface area (Å²) < 4.78 is 11.1. The molecule has 0 amide bonds. The molecule has 0 aromatic rings. The first-order chi connectivity index (χ1) is 7.79. The Bertz CT molecular complexity index is 196. The highest BCUT2D eigenvalue weighted by molar-refractivity contribution is 4.72. The Morgan fingerprint density at radius 2 is 1.81 bits per heavy atom. The van der Waals surface area contributed by atoms with E-state index in [1.165, 1.54) is 38.6 Å². The SMILES string of the molecule is CC1(CCNCC2CCCCC2)OCCO1. The Balaban J connectivity index is 1.54. The van der Waals surface area contributed by atoms with Gasteiger partial charge in [-0.2, -0.15) is 0 Å². The second kappa shape index (κ2) is 5.99. The highest BCUT2D eigenvalue weighted by atomic mass is 16.7. The average Bonchev–Trinajstić information content (AvgIpc) is 2.74. The van der Waals surface area contributed by atoms with Crippen LogP contribution in [0.1, 0.15) is 45.4 Å². The van der Waals surface area contributed by atoms with Crippen molar-refractivity contribution in [1.82, 2.24) is 5.32 Å². The van der Waals surface area contributed by atoms with Crippen LogP contribution in [0.2, 0.25) is 0 Å². The summed E-state index contributed by atoms with van der Waals surface area (Å²) in [5, 5.41) is 3.55. The fourth-order valence-corrected chi connectivity index (χ4v) is 2.71. The van der Waals surface area contributed by atoms with Crippen molar-refractivity contribution < 1.29 is 9.47 Å². The molecular formula is C13H25NO2. The molecule has 0 aromatic carbocycles. The molecule has 16 heavy (non-hydrogen) atoms. The second-order valence-electron chi connectivity index (χ2n) is 5.29. The van der Waals surface area contributed by atoms with Gasteiger partial charge in [-0.05, 0) is 32.2 Å². The van der Waals surface area contributed by atoms with Crippen molar-refractivity contribution in [2.45, 2.75) is 51.2 Å². The predicted octanol–water partition coefficient (Wildman–Crippen LogP) is 2.31. The van der Waals surface area contributed by atoms with E-state index in [1.54, 1.807) is 0 Å². The topological polar surface area (TPSA) is 30.5 Å². The minimum absolute atomic E-state index is 0.320. The molecule has 3 nitrogen and oxygen atoms in total. The molecule has 0 radical (unpaired) electrons. The Morgan fingerprint density at radius 3 is 2.50 bits per heavy atom. The summed E-state index contributed by atoms with van der Waals surface area (Å²) in [5.41, 5.74) is 0. The van der Waals surface area contributed by atoms with Gasteiger partial charge < -0.3 is 14.8 Å². The van der Waals surface area contributed by atoms with E-state index in [4.69, 9.17) is 9.47 Å². The molecule has 1 N–H and O–H groups in total. The van der Waals surface area contributed by atoms with Crippen LogP contribution < -0.4 is 5.32 Å². The monoisotopic (exact) mass is 227 g/mol. The highest BCUT2D eigenvalue weighted by Crippen LogP contribution is 2.24. The van der Waals surface area contributed by atoms with Crippen molar-refractivity contribution in [3.8, 4) is 0 Å². The van der Waals surface area contributed by atoms with E-state index in [9.17, 15) is 0 Å². The molecule has 1 heterocycles. The average molecular weight is 227 g/mol. The fraction of sp³-hybridized carbons (Fsp3) is 1.00. The second-order valence-corrected chi connectivity index (χ2v) is 5.29. The van der Waals surface area contributed by atoms with Gasteiger partial charge in [-0.3, -0.25) is 0 Å². The van der Waals surface area contributed by atoms with Crippen LogP contribution >= 0.6 is 0 Å². The molecule has 1 saturated heterocycles. The molecule has 2 aliphatic rings. The van der Waals surface area contributed by atoms with Gasteiger partial charge in [0.1, 0.15) is 0 Å². The molecule has 0 bridgehead atoms. The molecule has 2 rings (SSSR count). The molecule has 94 valence electrons. The summed E-state index contributed by atoms with van der Waals surface area (Å²) in [6.07, 6.45) is 8.08. The molecule has 0 unspecified atom stereocenters. The molecule has 2 fully saturated rings.